The Kier molecular flexibility index (Phi) is 7.75. The van der Waals surface area contributed by atoms with Crippen LogP contribution in [0.3, 0.4) is 0 Å². The highest BCUT2D eigenvalue weighted by Crippen LogP contribution is 2.47. The quantitative estimate of drug-likeness (QED) is 0.197. The highest BCUT2D eigenvalue weighted by Gasteiger charge is 2.56. The number of aromatic nitrogens is 6. The summed E-state index contributed by atoms with van der Waals surface area (Å²) in [6, 6.07) is 3.81. The Morgan fingerprint density at radius 1 is 1.11 bits per heavy atom. The summed E-state index contributed by atoms with van der Waals surface area (Å²) in [4.78, 5) is 29.7. The summed E-state index contributed by atoms with van der Waals surface area (Å²) in [5, 5.41) is 28.4. The van der Waals surface area contributed by atoms with Gasteiger partial charge in [0.1, 0.15) is 34.8 Å². The maximum absolute atomic E-state index is 13.7. The number of amides is 1. The van der Waals surface area contributed by atoms with Crippen LogP contribution in [0.25, 0.3) is 17.2 Å². The number of hydrogen-bond donors (Lipinski definition) is 4. The van der Waals surface area contributed by atoms with Gasteiger partial charge >= 0.3 is 18.3 Å². The number of nitrogens with one attached hydrogen (secondary N) is 2. The number of rotatable bonds is 8. The Hall–Kier alpha value is -4.39. The van der Waals surface area contributed by atoms with Gasteiger partial charge in [-0.2, -0.15) is 40.2 Å². The fourth-order valence-electron chi connectivity index (χ4n) is 4.61. The van der Waals surface area contributed by atoms with Gasteiger partial charge in [0.25, 0.3) is 0 Å². The Labute approximate surface area is 251 Å². The Morgan fingerprint density at radius 2 is 1.82 bits per heavy atom. The number of aliphatic hydroxyl groups excluding tert-OH is 1. The van der Waals surface area contributed by atoms with Gasteiger partial charge in [-0.05, 0) is 31.0 Å². The molecule has 0 saturated carbocycles. The number of aromatic hydroxyl groups is 1. The van der Waals surface area contributed by atoms with Crippen LogP contribution in [0.2, 0.25) is 5.02 Å². The predicted octanol–water partition coefficient (Wildman–Crippen LogP) is 4.66. The number of phenols is 1. The smallest absolute Gasteiger partial charge is 0.453 e. The summed E-state index contributed by atoms with van der Waals surface area (Å²) in [6.07, 6.45) is -14.3. The van der Waals surface area contributed by atoms with Crippen molar-refractivity contribution in [2.75, 3.05) is 17.2 Å². The van der Waals surface area contributed by atoms with E-state index in [2.05, 4.69) is 35.7 Å². The van der Waals surface area contributed by atoms with E-state index in [9.17, 15) is 50.1 Å². The molecule has 0 radical (unpaired) electrons. The highest BCUT2D eigenvalue weighted by molar-refractivity contribution is 6.32. The molecule has 0 spiro atoms. The zero-order valence-corrected chi connectivity index (χ0v) is 23.2. The second-order valence-corrected chi connectivity index (χ2v) is 10.5. The van der Waals surface area contributed by atoms with Crippen LogP contribution in [0.5, 0.6) is 5.75 Å². The fourth-order valence-corrected chi connectivity index (χ4v) is 4.72. The van der Waals surface area contributed by atoms with Gasteiger partial charge in [0.15, 0.2) is 17.6 Å². The molecule has 3 aromatic heterocycles. The van der Waals surface area contributed by atoms with Gasteiger partial charge < -0.3 is 20.8 Å². The number of aliphatic hydroxyl groups is 1. The van der Waals surface area contributed by atoms with Gasteiger partial charge in [-0.15, -0.1) is 0 Å². The van der Waals surface area contributed by atoms with Crippen molar-refractivity contribution in [3.8, 4) is 17.3 Å². The van der Waals surface area contributed by atoms with Gasteiger partial charge in [-0.3, -0.25) is 4.79 Å². The number of carbonyl (C=O) groups is 1. The molecule has 4 aromatic rings. The van der Waals surface area contributed by atoms with E-state index in [1.165, 1.54) is 19.1 Å². The molecule has 0 fully saturated rings. The molecule has 45 heavy (non-hydrogen) atoms. The number of alkyl halides is 8. The van der Waals surface area contributed by atoms with Gasteiger partial charge in [-0.1, -0.05) is 17.7 Å². The number of nitrogens with zero attached hydrogens (tertiary/aromatic N) is 6. The van der Waals surface area contributed by atoms with E-state index in [1.54, 1.807) is 0 Å². The minimum Gasteiger partial charge on any atom is -0.506 e. The van der Waals surface area contributed by atoms with Crippen LogP contribution < -0.4 is 10.6 Å². The molecular formula is C25H19ClF8N8O3. The second-order valence-electron chi connectivity index (χ2n) is 10.1. The Morgan fingerprint density at radius 3 is 2.47 bits per heavy atom. The number of anilines is 2. The van der Waals surface area contributed by atoms with Crippen LogP contribution in [0, 0.1) is 0 Å². The molecule has 20 heteroatoms. The number of fused-ring (bicyclic) bond motifs is 2. The lowest BCUT2D eigenvalue weighted by atomic mass is 9.77. The van der Waals surface area contributed by atoms with E-state index in [0.717, 1.165) is 23.1 Å². The largest absolute Gasteiger partial charge is 0.506 e. The maximum atomic E-state index is 13.7. The number of halogens is 9. The molecule has 1 aliphatic heterocycles. The first kappa shape index (κ1) is 32.0. The standard InChI is InChI=1S/C25H19ClF8N8O3/c1-22(10-2-3-11(26)14(43)6-10)16-18(35-7-15(44)24(29,30)31)39-17(40-19(16)41-21(22)45)13-8-42-20(36-9-37-42)12(38-13)4-5-23(27,28)25(32,33)34/h2-3,6,8-9,15,43-44H,4-5,7H2,1H3,(H2,35,39,40,41,45)/t15?,22-/m1/s1. The third-order valence-electron chi connectivity index (χ3n) is 7.11. The highest BCUT2D eigenvalue weighted by atomic mass is 35.5. The van der Waals surface area contributed by atoms with Crippen LogP contribution in [0.1, 0.15) is 30.2 Å². The fraction of sp³-hybridized carbons (Fsp3) is 0.360. The molecule has 4 heterocycles. The lowest BCUT2D eigenvalue weighted by Crippen LogP contribution is -2.36. The SMILES string of the molecule is C[C@]1(c2ccc(Cl)c(O)c2)C(=O)Nc2nc(-c3cn4ncnc4c(CCC(F)(F)C(F)(F)F)n3)nc(NCC(O)C(F)(F)F)c21. The van der Waals surface area contributed by atoms with Crippen molar-refractivity contribution in [1.29, 1.82) is 0 Å². The zero-order chi connectivity index (χ0) is 33.1. The normalized spacial score (nSPS) is 17.8. The molecular weight excluding hydrogens is 648 g/mol. The molecule has 1 aliphatic rings. The number of hydrogen-bond acceptors (Lipinski definition) is 9. The predicted molar refractivity (Wildman–Crippen MR) is 140 cm³/mol. The Balaban J connectivity index is 1.64. The number of aryl methyl sites for hydroxylation is 1. The molecule has 1 unspecified atom stereocenters. The first-order valence-corrected chi connectivity index (χ1v) is 13.1. The molecule has 4 N–H and O–H groups in total. The van der Waals surface area contributed by atoms with Crippen LogP contribution in [0.15, 0.2) is 30.7 Å². The number of carbonyl (C=O) groups excluding carboxylic acids is 1. The summed E-state index contributed by atoms with van der Waals surface area (Å²) in [5.41, 5.74) is -2.50. The molecule has 240 valence electrons. The third kappa shape index (κ3) is 5.76. The Bertz CT molecular complexity index is 1800. The van der Waals surface area contributed by atoms with Crippen LogP contribution in [0.4, 0.5) is 46.8 Å². The summed E-state index contributed by atoms with van der Waals surface area (Å²) < 4.78 is 106. The molecule has 1 aromatic carbocycles. The molecule has 0 saturated heterocycles. The van der Waals surface area contributed by atoms with Gasteiger partial charge in [0.05, 0.1) is 29.0 Å². The molecule has 0 aliphatic carbocycles. The number of phenolic OH excluding ortho intramolecular Hbond substituents is 1. The van der Waals surface area contributed by atoms with E-state index in [4.69, 9.17) is 11.6 Å². The lowest BCUT2D eigenvalue weighted by molar-refractivity contribution is -0.284. The van der Waals surface area contributed by atoms with E-state index < -0.39 is 72.5 Å². The van der Waals surface area contributed by atoms with Gasteiger partial charge in [0.2, 0.25) is 5.91 Å². The molecule has 11 nitrogen and oxygen atoms in total. The third-order valence-corrected chi connectivity index (χ3v) is 7.43. The van der Waals surface area contributed by atoms with Crippen molar-refractivity contribution in [1.82, 2.24) is 29.5 Å². The molecule has 1 amide bonds. The molecule has 5 rings (SSSR count). The topological polar surface area (TPSA) is 150 Å². The van der Waals surface area contributed by atoms with Gasteiger partial charge in [0, 0.05) is 6.42 Å². The van der Waals surface area contributed by atoms with Crippen molar-refractivity contribution in [3.63, 3.8) is 0 Å². The van der Waals surface area contributed by atoms with E-state index in [0.29, 0.717) is 0 Å². The van der Waals surface area contributed by atoms with E-state index >= 15 is 0 Å². The van der Waals surface area contributed by atoms with Crippen molar-refractivity contribution in [2.45, 2.75) is 49.6 Å². The van der Waals surface area contributed by atoms with E-state index in [-0.39, 0.29) is 39.0 Å². The van der Waals surface area contributed by atoms with Crippen molar-refractivity contribution in [3.05, 3.63) is 52.6 Å². The van der Waals surface area contributed by atoms with Crippen LogP contribution >= 0.6 is 11.6 Å². The molecule has 0 bridgehead atoms. The van der Waals surface area contributed by atoms with Gasteiger partial charge in [-0.25, -0.2) is 24.5 Å². The summed E-state index contributed by atoms with van der Waals surface area (Å²) in [5.74, 6) is -7.28. The van der Waals surface area contributed by atoms with Crippen LogP contribution in [-0.4, -0.2) is 76.6 Å². The summed E-state index contributed by atoms with van der Waals surface area (Å²) in [6.45, 7) is 0.222. The summed E-state index contributed by atoms with van der Waals surface area (Å²) in [7, 11) is 0. The zero-order valence-electron chi connectivity index (χ0n) is 22.5. The molecule has 2 atom stereocenters. The van der Waals surface area contributed by atoms with Crippen LogP contribution in [-0.2, 0) is 16.6 Å². The monoisotopic (exact) mass is 666 g/mol. The first-order valence-electron chi connectivity index (χ1n) is 12.7. The van der Waals surface area contributed by atoms with Crippen molar-refractivity contribution < 1.29 is 50.1 Å². The summed E-state index contributed by atoms with van der Waals surface area (Å²) >= 11 is 5.89. The minimum absolute atomic E-state index is 0.0578. The number of benzene rings is 1. The van der Waals surface area contributed by atoms with Crippen molar-refractivity contribution >= 4 is 34.8 Å². The second kappa shape index (κ2) is 10.9. The van der Waals surface area contributed by atoms with E-state index in [1.807, 2.05) is 0 Å². The lowest BCUT2D eigenvalue weighted by Gasteiger charge is -2.25. The first-order chi connectivity index (χ1) is 20.8. The average Bonchev–Trinajstić information content (AvgIpc) is 3.53. The maximum Gasteiger partial charge on any atom is 0.453 e. The average molecular weight is 667 g/mol. The minimum atomic E-state index is -5.83. The van der Waals surface area contributed by atoms with Crippen molar-refractivity contribution in [2.24, 2.45) is 0 Å².